The number of carbonyl (C=O) groups excluding carboxylic acids is 1. The van der Waals surface area contributed by atoms with Crippen molar-refractivity contribution in [2.24, 2.45) is 17.6 Å². The highest BCUT2D eigenvalue weighted by Crippen LogP contribution is 2.16. The van der Waals surface area contributed by atoms with Crippen LogP contribution in [0.15, 0.2) is 0 Å². The smallest absolute Gasteiger partial charge is 0.239 e. The van der Waals surface area contributed by atoms with Crippen LogP contribution in [0.25, 0.3) is 0 Å². The second-order valence-corrected chi connectivity index (χ2v) is 4.45. The van der Waals surface area contributed by atoms with Crippen molar-refractivity contribution < 1.29 is 4.79 Å². The Bertz CT molecular complexity index is 192. The average molecular weight is 214 g/mol. The molecule has 0 aromatic carbocycles. The van der Waals surface area contributed by atoms with Crippen molar-refractivity contribution in [1.82, 2.24) is 4.90 Å². The molecule has 2 atom stereocenters. The van der Waals surface area contributed by atoms with Gasteiger partial charge in [-0.1, -0.05) is 34.6 Å². The summed E-state index contributed by atoms with van der Waals surface area (Å²) in [6, 6.07) is -0.315. The molecule has 0 unspecified atom stereocenters. The van der Waals surface area contributed by atoms with Crippen LogP contribution in [0.3, 0.4) is 0 Å². The van der Waals surface area contributed by atoms with Crippen LogP contribution in [0.4, 0.5) is 0 Å². The number of rotatable bonds is 2. The van der Waals surface area contributed by atoms with Crippen LogP contribution in [0.5, 0.6) is 0 Å². The summed E-state index contributed by atoms with van der Waals surface area (Å²) in [4.78, 5) is 13.6. The monoisotopic (exact) mass is 214 g/mol. The number of nitrogens with two attached hydrogens (primary N) is 1. The van der Waals surface area contributed by atoms with Crippen LogP contribution in [0.1, 0.15) is 41.0 Å². The van der Waals surface area contributed by atoms with E-state index < -0.39 is 0 Å². The fourth-order valence-corrected chi connectivity index (χ4v) is 1.63. The summed E-state index contributed by atoms with van der Waals surface area (Å²) in [7, 11) is 0. The van der Waals surface area contributed by atoms with Gasteiger partial charge >= 0.3 is 0 Å². The van der Waals surface area contributed by atoms with Crippen molar-refractivity contribution >= 4 is 5.91 Å². The Morgan fingerprint density at radius 1 is 1.40 bits per heavy atom. The highest BCUT2D eigenvalue weighted by atomic mass is 16.2. The van der Waals surface area contributed by atoms with E-state index in [2.05, 4.69) is 6.92 Å². The van der Waals surface area contributed by atoms with E-state index in [9.17, 15) is 4.79 Å². The van der Waals surface area contributed by atoms with Crippen LogP contribution in [0.2, 0.25) is 0 Å². The summed E-state index contributed by atoms with van der Waals surface area (Å²) in [5.41, 5.74) is 5.79. The molecular weight excluding hydrogens is 188 g/mol. The minimum atomic E-state index is -0.315. The van der Waals surface area contributed by atoms with Gasteiger partial charge in [-0.2, -0.15) is 0 Å². The summed E-state index contributed by atoms with van der Waals surface area (Å²) >= 11 is 0. The zero-order valence-electron chi connectivity index (χ0n) is 10.8. The number of likely N-dealkylation sites (tertiary alicyclic amines) is 1. The minimum Gasteiger partial charge on any atom is -0.341 e. The van der Waals surface area contributed by atoms with Gasteiger partial charge in [0, 0.05) is 13.1 Å². The molecule has 0 bridgehead atoms. The molecule has 0 aliphatic carbocycles. The fourth-order valence-electron chi connectivity index (χ4n) is 1.63. The van der Waals surface area contributed by atoms with E-state index in [1.165, 1.54) is 0 Å². The van der Waals surface area contributed by atoms with Crippen molar-refractivity contribution in [3.8, 4) is 0 Å². The van der Waals surface area contributed by atoms with Gasteiger partial charge in [0.2, 0.25) is 5.91 Å². The molecular formula is C12H26N2O. The third-order valence-corrected chi connectivity index (χ3v) is 2.74. The molecule has 90 valence electrons. The predicted octanol–water partition coefficient (Wildman–Crippen LogP) is 1.86. The van der Waals surface area contributed by atoms with E-state index >= 15 is 0 Å². The number of amides is 1. The molecule has 0 aromatic rings. The normalized spacial score (nSPS) is 22.3. The Morgan fingerprint density at radius 3 is 2.27 bits per heavy atom. The first kappa shape index (κ1) is 14.4. The zero-order chi connectivity index (χ0) is 12.0. The average Bonchev–Trinajstić information content (AvgIpc) is 2.65. The van der Waals surface area contributed by atoms with Gasteiger partial charge in [0.25, 0.3) is 0 Å². The molecule has 1 amide bonds. The molecule has 0 spiro atoms. The maximum atomic E-state index is 11.7. The second kappa shape index (κ2) is 6.83. The first-order valence-electron chi connectivity index (χ1n) is 6.06. The van der Waals surface area contributed by atoms with Crippen LogP contribution in [-0.2, 0) is 4.79 Å². The molecule has 3 nitrogen and oxygen atoms in total. The van der Waals surface area contributed by atoms with Crippen molar-refractivity contribution in [2.45, 2.75) is 47.1 Å². The third-order valence-electron chi connectivity index (χ3n) is 2.74. The molecule has 1 saturated heterocycles. The van der Waals surface area contributed by atoms with E-state index in [-0.39, 0.29) is 17.9 Å². The predicted molar refractivity (Wildman–Crippen MR) is 64.5 cm³/mol. The first-order valence-corrected chi connectivity index (χ1v) is 6.06. The van der Waals surface area contributed by atoms with E-state index in [1.807, 2.05) is 32.6 Å². The Balaban J connectivity index is 0.000000921. The number of nitrogens with zero attached hydrogens (tertiary/aromatic N) is 1. The molecule has 0 aromatic heterocycles. The van der Waals surface area contributed by atoms with Gasteiger partial charge in [-0.3, -0.25) is 4.79 Å². The lowest BCUT2D eigenvalue weighted by Crippen LogP contribution is -2.45. The molecule has 1 aliphatic heterocycles. The first-order chi connectivity index (χ1) is 7.02. The topological polar surface area (TPSA) is 46.3 Å². The third kappa shape index (κ3) is 4.20. The van der Waals surface area contributed by atoms with Crippen LogP contribution in [-0.4, -0.2) is 29.9 Å². The zero-order valence-corrected chi connectivity index (χ0v) is 10.8. The Labute approximate surface area is 94.0 Å². The maximum absolute atomic E-state index is 11.7. The Hall–Kier alpha value is -0.570. The Morgan fingerprint density at radius 2 is 1.93 bits per heavy atom. The molecule has 1 aliphatic rings. The number of hydrogen-bond donors (Lipinski definition) is 1. The summed E-state index contributed by atoms with van der Waals surface area (Å²) in [5, 5.41) is 0. The van der Waals surface area contributed by atoms with Gasteiger partial charge in [0.05, 0.1) is 6.04 Å². The van der Waals surface area contributed by atoms with Gasteiger partial charge in [-0.25, -0.2) is 0 Å². The fraction of sp³-hybridized carbons (Fsp3) is 0.917. The van der Waals surface area contributed by atoms with Crippen molar-refractivity contribution in [2.75, 3.05) is 13.1 Å². The van der Waals surface area contributed by atoms with Crippen LogP contribution < -0.4 is 5.73 Å². The summed E-state index contributed by atoms with van der Waals surface area (Å²) in [6.45, 7) is 11.9. The summed E-state index contributed by atoms with van der Waals surface area (Å²) < 4.78 is 0. The van der Waals surface area contributed by atoms with Crippen molar-refractivity contribution in [3.05, 3.63) is 0 Å². The Kier molecular flexibility index (Phi) is 6.57. The lowest BCUT2D eigenvalue weighted by Gasteiger charge is -2.22. The maximum Gasteiger partial charge on any atom is 0.239 e. The van der Waals surface area contributed by atoms with Crippen molar-refractivity contribution in [1.29, 1.82) is 0 Å². The molecule has 0 saturated carbocycles. The lowest BCUT2D eigenvalue weighted by atomic mass is 10.0. The van der Waals surface area contributed by atoms with Crippen LogP contribution in [0, 0.1) is 11.8 Å². The molecule has 1 rings (SSSR count). The van der Waals surface area contributed by atoms with Crippen molar-refractivity contribution in [3.63, 3.8) is 0 Å². The van der Waals surface area contributed by atoms with Crippen LogP contribution >= 0.6 is 0 Å². The molecule has 2 N–H and O–H groups in total. The SMILES string of the molecule is CC.CC(C)[C@@H](N)C(=O)N1CC[C@H](C)C1. The minimum absolute atomic E-state index is 0.124. The summed E-state index contributed by atoms with van der Waals surface area (Å²) in [5.74, 6) is 1.01. The lowest BCUT2D eigenvalue weighted by molar-refractivity contribution is -0.132. The van der Waals surface area contributed by atoms with Gasteiger partial charge in [0.1, 0.15) is 0 Å². The van der Waals surface area contributed by atoms with Gasteiger partial charge in [0.15, 0.2) is 0 Å². The second-order valence-electron chi connectivity index (χ2n) is 4.45. The van der Waals surface area contributed by atoms with Gasteiger partial charge in [-0.15, -0.1) is 0 Å². The van der Waals surface area contributed by atoms with E-state index in [4.69, 9.17) is 5.73 Å². The molecule has 0 radical (unpaired) electrons. The van der Waals surface area contributed by atoms with E-state index in [0.29, 0.717) is 5.92 Å². The standard InChI is InChI=1S/C10H20N2O.C2H6/c1-7(2)9(11)10(13)12-5-4-8(3)6-12;1-2/h7-9H,4-6,11H2,1-3H3;1-2H3/t8-,9+;/m0./s1. The number of hydrogen-bond acceptors (Lipinski definition) is 2. The summed E-state index contributed by atoms with van der Waals surface area (Å²) in [6.07, 6.45) is 1.12. The molecule has 3 heteroatoms. The van der Waals surface area contributed by atoms with E-state index in [0.717, 1.165) is 19.5 Å². The van der Waals surface area contributed by atoms with Gasteiger partial charge in [-0.05, 0) is 18.3 Å². The highest BCUT2D eigenvalue weighted by molar-refractivity contribution is 5.82. The molecule has 15 heavy (non-hydrogen) atoms. The highest BCUT2D eigenvalue weighted by Gasteiger charge is 2.28. The molecule has 1 heterocycles. The largest absolute Gasteiger partial charge is 0.341 e. The van der Waals surface area contributed by atoms with E-state index in [1.54, 1.807) is 0 Å². The van der Waals surface area contributed by atoms with Gasteiger partial charge < -0.3 is 10.6 Å². The quantitative estimate of drug-likeness (QED) is 0.762. The molecule has 1 fully saturated rings. The number of carbonyl (C=O) groups is 1.